The molecule has 0 aliphatic carbocycles. The minimum atomic E-state index is -0.990. The number of aromatic nitrogens is 6. The van der Waals surface area contributed by atoms with Gasteiger partial charge in [-0.05, 0) is 36.4 Å². The van der Waals surface area contributed by atoms with Crippen molar-refractivity contribution >= 4 is 0 Å². The normalized spacial score (nSPS) is 11.2. The van der Waals surface area contributed by atoms with Crippen molar-refractivity contribution in [1.29, 1.82) is 0 Å². The number of methoxy groups -OCH3 is 1. The number of hydrogen-bond acceptors (Lipinski definition) is 7. The zero-order chi connectivity index (χ0) is 21.4. The van der Waals surface area contributed by atoms with Crippen LogP contribution in [0.15, 0.2) is 59.3 Å². The molecule has 2 aromatic carbocycles. The highest BCUT2D eigenvalue weighted by Crippen LogP contribution is 2.27. The summed E-state index contributed by atoms with van der Waals surface area (Å²) in [6.45, 7) is 0.204. The van der Waals surface area contributed by atoms with E-state index in [0.717, 1.165) is 17.4 Å². The Morgan fingerprint density at radius 2 is 1.81 bits per heavy atom. The Morgan fingerprint density at radius 1 is 1.00 bits per heavy atom. The molecule has 0 saturated carbocycles. The summed E-state index contributed by atoms with van der Waals surface area (Å²) in [5, 5.41) is 12.4. The molecule has 0 bridgehead atoms. The van der Waals surface area contributed by atoms with Gasteiger partial charge in [0.05, 0.1) is 25.1 Å². The maximum atomic E-state index is 14.1. The Hall–Kier alpha value is -4.21. The van der Waals surface area contributed by atoms with Gasteiger partial charge >= 0.3 is 0 Å². The van der Waals surface area contributed by atoms with E-state index >= 15 is 0 Å². The van der Waals surface area contributed by atoms with Crippen molar-refractivity contribution in [2.75, 3.05) is 7.11 Å². The van der Waals surface area contributed by atoms with Gasteiger partial charge in [0.1, 0.15) is 23.7 Å². The lowest BCUT2D eigenvalue weighted by molar-refractivity contribution is 0.415. The van der Waals surface area contributed by atoms with Crippen LogP contribution < -0.4 is 4.74 Å². The van der Waals surface area contributed by atoms with Gasteiger partial charge in [-0.2, -0.15) is 5.10 Å². The predicted molar refractivity (Wildman–Crippen MR) is 105 cm³/mol. The first-order valence-electron chi connectivity index (χ1n) is 9.22. The van der Waals surface area contributed by atoms with E-state index < -0.39 is 11.6 Å². The summed E-state index contributed by atoms with van der Waals surface area (Å²) in [4.78, 5) is 8.53. The SMILES string of the molecule is COc1ccc(-c2nnc(Cn3cc4nc(-c5cccc(F)c5F)nc-4cn3)o2)cc1. The van der Waals surface area contributed by atoms with Gasteiger partial charge in [-0.15, -0.1) is 10.2 Å². The Labute approximate surface area is 174 Å². The van der Waals surface area contributed by atoms with E-state index in [4.69, 9.17) is 9.15 Å². The molecule has 0 N–H and O–H groups in total. The number of halogens is 2. The van der Waals surface area contributed by atoms with E-state index in [1.165, 1.54) is 18.3 Å². The third-order valence-corrected chi connectivity index (χ3v) is 4.61. The average molecular weight is 420 g/mol. The molecule has 3 heterocycles. The van der Waals surface area contributed by atoms with E-state index in [1.807, 2.05) is 12.1 Å². The molecule has 3 aromatic rings. The maximum Gasteiger partial charge on any atom is 0.247 e. The Morgan fingerprint density at radius 3 is 2.61 bits per heavy atom. The second-order valence-electron chi connectivity index (χ2n) is 6.62. The van der Waals surface area contributed by atoms with E-state index in [1.54, 1.807) is 30.1 Å². The molecule has 2 aliphatic rings. The van der Waals surface area contributed by atoms with E-state index in [9.17, 15) is 8.78 Å². The third-order valence-electron chi connectivity index (χ3n) is 4.61. The minimum Gasteiger partial charge on any atom is -0.497 e. The molecule has 2 aliphatic heterocycles. The van der Waals surface area contributed by atoms with Crippen LogP contribution >= 0.6 is 0 Å². The molecule has 154 valence electrons. The molecule has 0 saturated heterocycles. The number of hydrogen-bond donors (Lipinski definition) is 0. The van der Waals surface area contributed by atoms with Gasteiger partial charge in [0.2, 0.25) is 11.8 Å². The lowest BCUT2D eigenvalue weighted by Gasteiger charge is -2.03. The van der Waals surface area contributed by atoms with Gasteiger partial charge in [-0.1, -0.05) is 6.07 Å². The number of imidazole rings is 1. The minimum absolute atomic E-state index is 0.0104. The third kappa shape index (κ3) is 3.59. The first kappa shape index (κ1) is 18.8. The Bertz CT molecular complexity index is 1330. The summed E-state index contributed by atoms with van der Waals surface area (Å²) in [6, 6.07) is 11.1. The first-order chi connectivity index (χ1) is 15.1. The molecule has 0 spiro atoms. The van der Waals surface area contributed by atoms with Gasteiger partial charge in [-0.3, -0.25) is 4.68 Å². The van der Waals surface area contributed by atoms with Crippen LogP contribution in [0.3, 0.4) is 0 Å². The summed E-state index contributed by atoms with van der Waals surface area (Å²) in [6.07, 6.45) is 3.12. The molecule has 8 nitrogen and oxygen atoms in total. The largest absolute Gasteiger partial charge is 0.497 e. The highest BCUT2D eigenvalue weighted by atomic mass is 19.2. The first-order valence-corrected chi connectivity index (χ1v) is 9.22. The monoisotopic (exact) mass is 420 g/mol. The van der Waals surface area contributed by atoms with Crippen LogP contribution in [0.25, 0.3) is 34.2 Å². The maximum absolute atomic E-state index is 14.1. The van der Waals surface area contributed by atoms with Gasteiger partial charge in [0.25, 0.3) is 0 Å². The Kier molecular flexibility index (Phi) is 4.58. The zero-order valence-corrected chi connectivity index (χ0v) is 16.2. The van der Waals surface area contributed by atoms with Crippen molar-refractivity contribution in [2.24, 2.45) is 0 Å². The van der Waals surface area contributed by atoms with E-state index in [-0.39, 0.29) is 17.9 Å². The van der Waals surface area contributed by atoms with Crippen molar-refractivity contribution in [3.05, 3.63) is 72.4 Å². The molecule has 10 heteroatoms. The summed E-state index contributed by atoms with van der Waals surface area (Å²) in [5.74, 6) is -0.412. The molecule has 5 rings (SSSR count). The lowest BCUT2D eigenvalue weighted by atomic mass is 10.2. The van der Waals surface area contributed by atoms with Gasteiger partial charge in [0, 0.05) is 5.56 Å². The molecule has 0 amide bonds. The smallest absolute Gasteiger partial charge is 0.247 e. The topological polar surface area (TPSA) is 91.8 Å². The fraction of sp³-hybridized carbons (Fsp3) is 0.0952. The number of fused-ring (bicyclic) bond motifs is 1. The number of rotatable bonds is 5. The van der Waals surface area contributed by atoms with E-state index in [2.05, 4.69) is 25.3 Å². The summed E-state index contributed by atoms with van der Waals surface area (Å²) in [5.41, 5.74) is 1.68. The highest BCUT2D eigenvalue weighted by molar-refractivity contribution is 5.65. The van der Waals surface area contributed by atoms with Gasteiger partial charge < -0.3 is 9.15 Å². The Balaban J connectivity index is 1.39. The van der Waals surface area contributed by atoms with Crippen LogP contribution in [-0.2, 0) is 6.54 Å². The van der Waals surface area contributed by atoms with Crippen LogP contribution in [-0.4, -0.2) is 37.1 Å². The van der Waals surface area contributed by atoms with Crippen molar-refractivity contribution in [3.8, 4) is 40.0 Å². The standard InChI is InChI=1S/C21H14F2N6O2/c1-30-13-7-5-12(6-8-13)21-28-27-18(31-21)11-29-10-17-16(9-24-29)25-20(26-17)14-3-2-4-15(22)19(14)23/h2-10H,11H2,1H3. The van der Waals surface area contributed by atoms with Crippen LogP contribution in [0.1, 0.15) is 5.89 Å². The van der Waals surface area contributed by atoms with Crippen molar-refractivity contribution in [3.63, 3.8) is 0 Å². The quantitative estimate of drug-likeness (QED) is 0.427. The zero-order valence-electron chi connectivity index (χ0n) is 16.2. The summed E-state index contributed by atoms with van der Waals surface area (Å²) < 4.78 is 40.0. The molecule has 1 aromatic heterocycles. The van der Waals surface area contributed by atoms with Crippen molar-refractivity contribution < 1.29 is 17.9 Å². The highest BCUT2D eigenvalue weighted by Gasteiger charge is 2.18. The fourth-order valence-electron chi connectivity index (χ4n) is 3.05. The van der Waals surface area contributed by atoms with Crippen LogP contribution in [0, 0.1) is 11.6 Å². The molecular formula is C21H14F2N6O2. The van der Waals surface area contributed by atoms with Crippen molar-refractivity contribution in [2.45, 2.75) is 6.54 Å². The molecule has 0 fully saturated rings. The second-order valence-corrected chi connectivity index (χ2v) is 6.62. The van der Waals surface area contributed by atoms with E-state index in [0.29, 0.717) is 23.2 Å². The number of nitrogens with zero attached hydrogens (tertiary/aromatic N) is 6. The van der Waals surface area contributed by atoms with Crippen molar-refractivity contribution in [1.82, 2.24) is 29.9 Å². The van der Waals surface area contributed by atoms with Gasteiger partial charge in [0.15, 0.2) is 17.5 Å². The van der Waals surface area contributed by atoms with Crippen LogP contribution in [0.4, 0.5) is 8.78 Å². The lowest BCUT2D eigenvalue weighted by Crippen LogP contribution is -2.05. The second kappa shape index (κ2) is 7.56. The molecular weight excluding hydrogens is 406 g/mol. The fourth-order valence-corrected chi connectivity index (χ4v) is 3.05. The number of ether oxygens (including phenoxy) is 1. The number of benzene rings is 2. The van der Waals surface area contributed by atoms with Gasteiger partial charge in [-0.25, -0.2) is 18.7 Å². The summed E-state index contributed by atoms with van der Waals surface area (Å²) >= 11 is 0. The molecule has 0 atom stereocenters. The van der Waals surface area contributed by atoms with Crippen LogP contribution in [0.5, 0.6) is 5.75 Å². The molecule has 0 radical (unpaired) electrons. The van der Waals surface area contributed by atoms with Crippen LogP contribution in [0.2, 0.25) is 0 Å². The molecule has 0 unspecified atom stereocenters. The molecule has 31 heavy (non-hydrogen) atoms. The summed E-state index contributed by atoms with van der Waals surface area (Å²) in [7, 11) is 1.59. The predicted octanol–water partition coefficient (Wildman–Crippen LogP) is 3.83. The average Bonchev–Trinajstić information content (AvgIpc) is 3.42.